The maximum atomic E-state index is 13.4. The predicted octanol–water partition coefficient (Wildman–Crippen LogP) is 3.61. The molecule has 4 rings (SSSR count). The molecule has 0 aliphatic carbocycles. The van der Waals surface area contributed by atoms with Crippen molar-refractivity contribution in [1.82, 2.24) is 24.6 Å². The first-order valence-electron chi connectivity index (χ1n) is 12.7. The number of halogens is 1. The second-order valence-electron chi connectivity index (χ2n) is 8.87. The number of carbonyl (C=O) groups excluding carboxylic acids is 1. The lowest BCUT2D eigenvalue weighted by atomic mass is 10.2. The monoisotopic (exact) mass is 549 g/mol. The normalized spacial score (nSPS) is 11.0. The molecule has 3 N–H and O–H groups in total. The molecule has 2 heterocycles. The van der Waals surface area contributed by atoms with Crippen molar-refractivity contribution < 1.29 is 23.8 Å². The molecular formula is C28H32FN7O4. The number of fused-ring (bicyclic) bond motifs is 1. The SMILES string of the molecule is C=CCN(CCO)CCCOc1cc2ncnc(Nc3cnn(CC(=O)Nc4cccc(F)c4)c3)c2cc1OC. The maximum absolute atomic E-state index is 13.4. The van der Waals surface area contributed by atoms with E-state index in [9.17, 15) is 14.3 Å². The van der Waals surface area contributed by atoms with E-state index in [1.807, 2.05) is 6.08 Å². The second-order valence-corrected chi connectivity index (χ2v) is 8.87. The zero-order valence-electron chi connectivity index (χ0n) is 22.2. The van der Waals surface area contributed by atoms with Crippen molar-refractivity contribution in [1.29, 1.82) is 0 Å². The Labute approximate surface area is 231 Å². The molecular weight excluding hydrogens is 517 g/mol. The van der Waals surface area contributed by atoms with Crippen LogP contribution >= 0.6 is 0 Å². The number of hydrogen-bond acceptors (Lipinski definition) is 9. The van der Waals surface area contributed by atoms with Crippen LogP contribution in [0.5, 0.6) is 11.5 Å². The number of ether oxygens (including phenoxy) is 2. The number of carbonyl (C=O) groups is 1. The van der Waals surface area contributed by atoms with Crippen molar-refractivity contribution in [3.8, 4) is 11.5 Å². The first kappa shape index (κ1) is 28.5. The van der Waals surface area contributed by atoms with Crippen molar-refractivity contribution in [2.24, 2.45) is 0 Å². The van der Waals surface area contributed by atoms with Gasteiger partial charge >= 0.3 is 0 Å². The van der Waals surface area contributed by atoms with Gasteiger partial charge in [0, 0.05) is 43.0 Å². The number of rotatable bonds is 15. The predicted molar refractivity (Wildman–Crippen MR) is 150 cm³/mol. The number of benzene rings is 2. The third-order valence-corrected chi connectivity index (χ3v) is 5.91. The van der Waals surface area contributed by atoms with Gasteiger partial charge in [-0.2, -0.15) is 5.10 Å². The summed E-state index contributed by atoms with van der Waals surface area (Å²) in [5.74, 6) is 0.859. The number of nitrogens with one attached hydrogen (secondary N) is 2. The summed E-state index contributed by atoms with van der Waals surface area (Å²) in [5, 5.41) is 20.0. The number of aromatic nitrogens is 4. The minimum absolute atomic E-state index is 0.0530. The lowest BCUT2D eigenvalue weighted by molar-refractivity contribution is -0.116. The number of aliphatic hydroxyl groups excluding tert-OH is 1. The topological polar surface area (TPSA) is 127 Å². The molecule has 4 aromatic rings. The van der Waals surface area contributed by atoms with E-state index in [1.54, 1.807) is 37.7 Å². The second kappa shape index (κ2) is 14.0. The molecule has 0 spiro atoms. The van der Waals surface area contributed by atoms with Crippen LogP contribution in [0.25, 0.3) is 10.9 Å². The number of hydrogen-bond donors (Lipinski definition) is 3. The van der Waals surface area contributed by atoms with Gasteiger partial charge in [-0.1, -0.05) is 12.1 Å². The number of nitrogens with zero attached hydrogens (tertiary/aromatic N) is 5. The van der Waals surface area contributed by atoms with Gasteiger partial charge in [-0.25, -0.2) is 14.4 Å². The van der Waals surface area contributed by atoms with E-state index >= 15 is 0 Å². The van der Waals surface area contributed by atoms with E-state index in [-0.39, 0.29) is 19.1 Å². The van der Waals surface area contributed by atoms with Crippen LogP contribution in [-0.4, -0.2) is 75.6 Å². The Kier molecular flexibility index (Phi) is 9.97. The van der Waals surface area contributed by atoms with Crippen molar-refractivity contribution >= 4 is 34.0 Å². The molecule has 1 amide bonds. The fourth-order valence-corrected chi connectivity index (χ4v) is 4.09. The van der Waals surface area contributed by atoms with Crippen LogP contribution in [0.4, 0.5) is 21.6 Å². The van der Waals surface area contributed by atoms with Gasteiger partial charge in [-0.05, 0) is 30.7 Å². The lowest BCUT2D eigenvalue weighted by Crippen LogP contribution is -2.29. The highest BCUT2D eigenvalue weighted by molar-refractivity contribution is 5.93. The lowest BCUT2D eigenvalue weighted by Gasteiger charge is -2.19. The van der Waals surface area contributed by atoms with Crippen LogP contribution in [0.1, 0.15) is 6.42 Å². The third-order valence-electron chi connectivity index (χ3n) is 5.91. The molecule has 0 aliphatic heterocycles. The smallest absolute Gasteiger partial charge is 0.246 e. The van der Waals surface area contributed by atoms with Gasteiger partial charge in [0.1, 0.15) is 24.5 Å². The highest BCUT2D eigenvalue weighted by Gasteiger charge is 2.13. The van der Waals surface area contributed by atoms with Crippen molar-refractivity contribution in [2.45, 2.75) is 13.0 Å². The molecule has 210 valence electrons. The molecule has 0 saturated heterocycles. The fraction of sp³-hybridized carbons (Fsp3) is 0.286. The summed E-state index contributed by atoms with van der Waals surface area (Å²) in [4.78, 5) is 23.2. The summed E-state index contributed by atoms with van der Waals surface area (Å²) in [6, 6.07) is 9.29. The van der Waals surface area contributed by atoms with E-state index in [0.717, 1.165) is 13.0 Å². The molecule has 0 bridgehead atoms. The average Bonchev–Trinajstić information content (AvgIpc) is 3.37. The number of amides is 1. The van der Waals surface area contributed by atoms with Gasteiger partial charge in [0.25, 0.3) is 0 Å². The molecule has 2 aromatic carbocycles. The quantitative estimate of drug-likeness (QED) is 0.151. The van der Waals surface area contributed by atoms with Crippen LogP contribution in [0, 0.1) is 5.82 Å². The molecule has 2 aromatic heterocycles. The largest absolute Gasteiger partial charge is 0.493 e. The summed E-state index contributed by atoms with van der Waals surface area (Å²) in [5.41, 5.74) is 1.64. The zero-order chi connectivity index (χ0) is 28.3. The highest BCUT2D eigenvalue weighted by Crippen LogP contribution is 2.34. The zero-order valence-corrected chi connectivity index (χ0v) is 22.2. The molecule has 0 fully saturated rings. The summed E-state index contributed by atoms with van der Waals surface area (Å²) in [7, 11) is 1.57. The summed E-state index contributed by atoms with van der Waals surface area (Å²) >= 11 is 0. The molecule has 40 heavy (non-hydrogen) atoms. The summed E-state index contributed by atoms with van der Waals surface area (Å²) < 4.78 is 26.4. The molecule has 0 saturated carbocycles. The van der Waals surface area contributed by atoms with Gasteiger partial charge in [-0.3, -0.25) is 14.4 Å². The highest BCUT2D eigenvalue weighted by atomic mass is 19.1. The first-order chi connectivity index (χ1) is 19.5. The van der Waals surface area contributed by atoms with E-state index in [4.69, 9.17) is 9.47 Å². The Morgan fingerprint density at radius 3 is 2.85 bits per heavy atom. The van der Waals surface area contributed by atoms with Crippen molar-refractivity contribution in [3.05, 3.63) is 73.6 Å². The van der Waals surface area contributed by atoms with Crippen LogP contribution < -0.4 is 20.1 Å². The van der Waals surface area contributed by atoms with Crippen LogP contribution in [0.2, 0.25) is 0 Å². The Bertz CT molecular complexity index is 1450. The molecule has 0 atom stereocenters. The Morgan fingerprint density at radius 1 is 1.20 bits per heavy atom. The fourth-order valence-electron chi connectivity index (χ4n) is 4.09. The number of anilines is 3. The number of aliphatic hydroxyl groups is 1. The van der Waals surface area contributed by atoms with Crippen molar-refractivity contribution in [3.63, 3.8) is 0 Å². The van der Waals surface area contributed by atoms with E-state index in [0.29, 0.717) is 59.3 Å². The van der Waals surface area contributed by atoms with Crippen molar-refractivity contribution in [2.75, 3.05) is 50.6 Å². The minimum Gasteiger partial charge on any atom is -0.493 e. The van der Waals surface area contributed by atoms with Crippen LogP contribution in [-0.2, 0) is 11.3 Å². The Hall–Kier alpha value is -4.55. The Morgan fingerprint density at radius 2 is 2.08 bits per heavy atom. The minimum atomic E-state index is -0.430. The first-order valence-corrected chi connectivity index (χ1v) is 12.7. The third kappa shape index (κ3) is 7.74. The Balaban J connectivity index is 1.40. The molecule has 0 radical (unpaired) electrons. The van der Waals surface area contributed by atoms with Gasteiger partial charge in [0.2, 0.25) is 5.91 Å². The maximum Gasteiger partial charge on any atom is 0.246 e. The van der Waals surface area contributed by atoms with Gasteiger partial charge in [0.15, 0.2) is 11.5 Å². The van der Waals surface area contributed by atoms with E-state index in [1.165, 1.54) is 29.2 Å². The summed E-state index contributed by atoms with van der Waals surface area (Å²) in [6.45, 7) is 6.30. The van der Waals surface area contributed by atoms with Gasteiger partial charge in [0.05, 0.1) is 37.7 Å². The standard InChI is InChI=1S/C28H32FN7O4/c1-3-8-35(10-11-37)9-5-12-40-26-15-24-23(14-25(26)39-2)28(31-19-30-24)34-22-16-32-36(17-22)18-27(38)33-21-7-4-6-20(29)13-21/h3-4,6-7,13-17,19,37H,1,5,8-12,18H2,2H3,(H,33,38)(H,30,31,34). The molecule has 11 nitrogen and oxygen atoms in total. The van der Waals surface area contributed by atoms with Gasteiger partial charge in [-0.15, -0.1) is 6.58 Å². The van der Waals surface area contributed by atoms with E-state index < -0.39 is 5.82 Å². The summed E-state index contributed by atoms with van der Waals surface area (Å²) in [6.07, 6.45) is 7.26. The average molecular weight is 550 g/mol. The van der Waals surface area contributed by atoms with Crippen LogP contribution in [0.3, 0.4) is 0 Å². The number of methoxy groups -OCH3 is 1. The van der Waals surface area contributed by atoms with Gasteiger partial charge < -0.3 is 25.2 Å². The molecule has 12 heteroatoms. The molecule has 0 aliphatic rings. The van der Waals surface area contributed by atoms with E-state index in [2.05, 4.69) is 37.2 Å². The molecule has 0 unspecified atom stereocenters. The van der Waals surface area contributed by atoms with Crippen LogP contribution in [0.15, 0.2) is 67.8 Å².